The molecule has 2 aromatic heterocycles. The summed E-state index contributed by atoms with van der Waals surface area (Å²) in [5.74, 6) is 0.507. The lowest BCUT2D eigenvalue weighted by Crippen LogP contribution is -2.05. The van der Waals surface area contributed by atoms with Crippen LogP contribution in [0.1, 0.15) is 6.92 Å². The number of ether oxygens (including phenoxy) is 1. The number of rotatable bonds is 5. The van der Waals surface area contributed by atoms with Crippen molar-refractivity contribution in [1.29, 1.82) is 0 Å². The van der Waals surface area contributed by atoms with Gasteiger partial charge in [0.15, 0.2) is 4.34 Å². The second kappa shape index (κ2) is 6.23. The number of thiazole rings is 1. The zero-order valence-corrected chi connectivity index (χ0v) is 13.2. The van der Waals surface area contributed by atoms with Crippen LogP contribution in [0.4, 0.5) is 5.95 Å². The van der Waals surface area contributed by atoms with Gasteiger partial charge in [-0.05, 0) is 30.8 Å². The Bertz CT molecular complexity index is 728. The normalized spacial score (nSPS) is 10.8. The minimum atomic E-state index is 0.296. The highest BCUT2D eigenvalue weighted by molar-refractivity contribution is 8.01. The number of aromatic nitrogens is 4. The second-order valence-electron chi connectivity index (χ2n) is 4.01. The Labute approximate surface area is 130 Å². The average Bonchev–Trinajstić information content (AvgIpc) is 2.89. The van der Waals surface area contributed by atoms with Gasteiger partial charge in [-0.3, -0.25) is 0 Å². The quantitative estimate of drug-likeness (QED) is 0.774. The summed E-state index contributed by atoms with van der Waals surface area (Å²) in [4.78, 5) is 17.3. The Kier molecular flexibility index (Phi) is 4.16. The molecule has 0 fully saturated rings. The monoisotopic (exact) mass is 319 g/mol. The van der Waals surface area contributed by atoms with E-state index in [1.54, 1.807) is 11.3 Å². The van der Waals surface area contributed by atoms with Crippen LogP contribution in [0.15, 0.2) is 33.8 Å². The van der Waals surface area contributed by atoms with E-state index >= 15 is 0 Å². The van der Waals surface area contributed by atoms with Crippen molar-refractivity contribution in [2.45, 2.75) is 16.4 Å². The van der Waals surface area contributed by atoms with Crippen LogP contribution in [0.2, 0.25) is 0 Å². The molecule has 0 amide bonds. The molecule has 0 aliphatic heterocycles. The Morgan fingerprint density at radius 2 is 2.05 bits per heavy atom. The molecule has 8 heteroatoms. The van der Waals surface area contributed by atoms with Gasteiger partial charge in [0.25, 0.3) is 0 Å². The number of para-hydroxylation sites is 1. The fourth-order valence-electron chi connectivity index (χ4n) is 1.68. The summed E-state index contributed by atoms with van der Waals surface area (Å²) in [6.45, 7) is 2.72. The van der Waals surface area contributed by atoms with Crippen LogP contribution in [0.3, 0.4) is 0 Å². The van der Waals surface area contributed by atoms with E-state index in [4.69, 9.17) is 4.74 Å². The van der Waals surface area contributed by atoms with E-state index in [0.29, 0.717) is 17.1 Å². The largest absolute Gasteiger partial charge is 0.467 e. The molecule has 3 rings (SSSR count). The molecule has 21 heavy (non-hydrogen) atoms. The van der Waals surface area contributed by atoms with Gasteiger partial charge in [-0.1, -0.05) is 12.1 Å². The third-order valence-corrected chi connectivity index (χ3v) is 4.53. The molecule has 0 aliphatic rings. The molecule has 0 unspecified atom stereocenters. The maximum atomic E-state index is 5.11. The van der Waals surface area contributed by atoms with Crippen molar-refractivity contribution in [3.05, 3.63) is 24.3 Å². The molecule has 0 saturated carbocycles. The maximum absolute atomic E-state index is 5.11. The van der Waals surface area contributed by atoms with Crippen molar-refractivity contribution in [2.75, 3.05) is 19.0 Å². The SMILES string of the molecule is CCNc1nc(OC)nc(Sc2nc3ccccc3s2)n1. The number of nitrogens with one attached hydrogen (secondary N) is 1. The molecular weight excluding hydrogens is 306 g/mol. The van der Waals surface area contributed by atoms with Gasteiger partial charge < -0.3 is 10.1 Å². The maximum Gasteiger partial charge on any atom is 0.321 e. The van der Waals surface area contributed by atoms with Crippen LogP contribution < -0.4 is 10.1 Å². The van der Waals surface area contributed by atoms with Crippen LogP contribution in [-0.4, -0.2) is 33.6 Å². The fourth-order valence-corrected chi connectivity index (χ4v) is 3.60. The molecule has 0 bridgehead atoms. The van der Waals surface area contributed by atoms with E-state index in [1.807, 2.05) is 25.1 Å². The second-order valence-corrected chi connectivity index (χ2v) is 6.25. The summed E-state index contributed by atoms with van der Waals surface area (Å²) >= 11 is 3.02. The van der Waals surface area contributed by atoms with E-state index in [0.717, 1.165) is 21.1 Å². The summed E-state index contributed by atoms with van der Waals surface area (Å²) in [6.07, 6.45) is 0. The molecule has 6 nitrogen and oxygen atoms in total. The standard InChI is InChI=1S/C13H13N5OS2/c1-3-14-10-16-11(19-2)18-12(17-10)21-13-15-8-6-4-5-7-9(8)20-13/h4-7H,3H2,1-2H3,(H,14,16,17,18). The van der Waals surface area contributed by atoms with Gasteiger partial charge in [0.1, 0.15) is 0 Å². The molecule has 3 aromatic rings. The number of nitrogens with zero attached hydrogens (tertiary/aromatic N) is 4. The van der Waals surface area contributed by atoms with Gasteiger partial charge >= 0.3 is 6.01 Å². The molecule has 108 valence electrons. The molecule has 0 radical (unpaired) electrons. The lowest BCUT2D eigenvalue weighted by molar-refractivity contribution is 0.373. The van der Waals surface area contributed by atoms with Crippen LogP contribution in [0, 0.1) is 0 Å². The lowest BCUT2D eigenvalue weighted by atomic mass is 10.3. The van der Waals surface area contributed by atoms with Crippen molar-refractivity contribution >= 4 is 39.3 Å². The Balaban J connectivity index is 1.90. The highest BCUT2D eigenvalue weighted by atomic mass is 32.2. The Hall–Kier alpha value is -1.93. The first-order valence-electron chi connectivity index (χ1n) is 6.36. The van der Waals surface area contributed by atoms with E-state index < -0.39 is 0 Å². The van der Waals surface area contributed by atoms with Gasteiger partial charge in [0, 0.05) is 6.54 Å². The van der Waals surface area contributed by atoms with Crippen molar-refractivity contribution in [1.82, 2.24) is 19.9 Å². The lowest BCUT2D eigenvalue weighted by Gasteiger charge is -2.05. The molecule has 1 N–H and O–H groups in total. The predicted octanol–water partition coefficient (Wildman–Crippen LogP) is 3.07. The predicted molar refractivity (Wildman–Crippen MR) is 84.3 cm³/mol. The van der Waals surface area contributed by atoms with Gasteiger partial charge in [0.05, 0.1) is 17.3 Å². The number of anilines is 1. The molecule has 0 atom stereocenters. The van der Waals surface area contributed by atoms with E-state index in [1.165, 1.54) is 18.9 Å². The van der Waals surface area contributed by atoms with Crippen molar-refractivity contribution in [3.63, 3.8) is 0 Å². The summed E-state index contributed by atoms with van der Waals surface area (Å²) in [5, 5.41) is 3.63. The van der Waals surface area contributed by atoms with Crippen molar-refractivity contribution in [3.8, 4) is 6.01 Å². The third-order valence-electron chi connectivity index (χ3n) is 2.56. The fraction of sp³-hybridized carbons (Fsp3) is 0.231. The molecule has 0 aliphatic carbocycles. The molecule has 0 saturated heterocycles. The highest BCUT2D eigenvalue weighted by Crippen LogP contribution is 2.33. The smallest absolute Gasteiger partial charge is 0.321 e. The van der Waals surface area contributed by atoms with Crippen molar-refractivity contribution < 1.29 is 4.74 Å². The number of fused-ring (bicyclic) bond motifs is 1. The Morgan fingerprint density at radius 1 is 1.19 bits per heavy atom. The zero-order chi connectivity index (χ0) is 14.7. The minimum Gasteiger partial charge on any atom is -0.467 e. The van der Waals surface area contributed by atoms with E-state index in [9.17, 15) is 0 Å². The first kappa shape index (κ1) is 14.0. The first-order chi connectivity index (χ1) is 10.3. The zero-order valence-electron chi connectivity index (χ0n) is 11.5. The number of methoxy groups -OCH3 is 1. The number of hydrogen-bond donors (Lipinski definition) is 1. The van der Waals surface area contributed by atoms with Gasteiger partial charge in [-0.15, -0.1) is 11.3 Å². The molecule has 0 spiro atoms. The van der Waals surface area contributed by atoms with Gasteiger partial charge in [0.2, 0.25) is 11.1 Å². The molecule has 2 heterocycles. The highest BCUT2D eigenvalue weighted by Gasteiger charge is 2.11. The number of benzene rings is 1. The summed E-state index contributed by atoms with van der Waals surface area (Å²) in [5.41, 5.74) is 0.984. The topological polar surface area (TPSA) is 72.8 Å². The molecular formula is C13H13N5OS2. The first-order valence-corrected chi connectivity index (χ1v) is 7.99. The van der Waals surface area contributed by atoms with Crippen LogP contribution >= 0.6 is 23.1 Å². The molecule has 1 aromatic carbocycles. The van der Waals surface area contributed by atoms with Crippen LogP contribution in [0.25, 0.3) is 10.2 Å². The summed E-state index contributed by atoms with van der Waals surface area (Å²) in [6, 6.07) is 8.32. The summed E-state index contributed by atoms with van der Waals surface area (Å²) < 4.78 is 7.15. The van der Waals surface area contributed by atoms with Crippen LogP contribution in [0.5, 0.6) is 6.01 Å². The third kappa shape index (κ3) is 3.22. The average molecular weight is 319 g/mol. The van der Waals surface area contributed by atoms with Crippen LogP contribution in [-0.2, 0) is 0 Å². The summed E-state index contributed by atoms with van der Waals surface area (Å²) in [7, 11) is 1.54. The Morgan fingerprint density at radius 3 is 2.81 bits per heavy atom. The van der Waals surface area contributed by atoms with E-state index in [-0.39, 0.29) is 0 Å². The number of hydrogen-bond acceptors (Lipinski definition) is 8. The van der Waals surface area contributed by atoms with Gasteiger partial charge in [-0.25, -0.2) is 4.98 Å². The van der Waals surface area contributed by atoms with E-state index in [2.05, 4.69) is 31.3 Å². The van der Waals surface area contributed by atoms with Gasteiger partial charge in [-0.2, -0.15) is 15.0 Å². The van der Waals surface area contributed by atoms with Crippen molar-refractivity contribution in [2.24, 2.45) is 0 Å². The minimum absolute atomic E-state index is 0.296.